The predicted octanol–water partition coefficient (Wildman–Crippen LogP) is 4.21. The highest BCUT2D eigenvalue weighted by atomic mass is 16.3. The smallest absolute Gasteiger partial charge is 0.140 e. The SMILES string of the molecule is C=C(/C=C(C)/C(=C\C)C(C)C)c1cn(C)c(C(C)(C)O)n1. The largest absolute Gasteiger partial charge is 0.383 e. The van der Waals surface area contributed by atoms with Gasteiger partial charge in [0.1, 0.15) is 11.4 Å². The van der Waals surface area contributed by atoms with E-state index in [-0.39, 0.29) is 0 Å². The molecule has 0 fully saturated rings. The monoisotopic (exact) mass is 288 g/mol. The first-order valence-corrected chi connectivity index (χ1v) is 7.38. The highest BCUT2D eigenvalue weighted by Crippen LogP contribution is 2.25. The lowest BCUT2D eigenvalue weighted by Crippen LogP contribution is -2.20. The Morgan fingerprint density at radius 2 is 2.00 bits per heavy atom. The Balaban J connectivity index is 3.11. The molecule has 0 aliphatic heterocycles. The van der Waals surface area contributed by atoms with Gasteiger partial charge in [-0.15, -0.1) is 0 Å². The molecule has 0 saturated carbocycles. The van der Waals surface area contributed by atoms with Gasteiger partial charge in [-0.3, -0.25) is 0 Å². The van der Waals surface area contributed by atoms with Crippen molar-refractivity contribution in [3.63, 3.8) is 0 Å². The van der Waals surface area contributed by atoms with Crippen molar-refractivity contribution >= 4 is 5.57 Å². The number of imidazole rings is 1. The van der Waals surface area contributed by atoms with Gasteiger partial charge in [0.25, 0.3) is 0 Å². The van der Waals surface area contributed by atoms with Crippen molar-refractivity contribution in [2.45, 2.75) is 47.1 Å². The van der Waals surface area contributed by atoms with Gasteiger partial charge in [0.05, 0.1) is 5.69 Å². The molecule has 0 aromatic carbocycles. The van der Waals surface area contributed by atoms with E-state index in [1.54, 1.807) is 13.8 Å². The van der Waals surface area contributed by atoms with E-state index < -0.39 is 5.60 Å². The summed E-state index contributed by atoms with van der Waals surface area (Å²) in [6.07, 6.45) is 6.11. The zero-order chi connectivity index (χ0) is 16.4. The van der Waals surface area contributed by atoms with E-state index in [4.69, 9.17) is 0 Å². The third-order valence-electron chi connectivity index (χ3n) is 3.53. The number of aliphatic hydroxyl groups is 1. The van der Waals surface area contributed by atoms with E-state index in [0.717, 1.165) is 11.3 Å². The van der Waals surface area contributed by atoms with Crippen LogP contribution < -0.4 is 0 Å². The van der Waals surface area contributed by atoms with E-state index in [0.29, 0.717) is 11.7 Å². The molecule has 1 rings (SSSR count). The highest BCUT2D eigenvalue weighted by molar-refractivity contribution is 5.71. The predicted molar refractivity (Wildman–Crippen MR) is 89.8 cm³/mol. The Bertz CT molecular complexity index is 581. The molecule has 3 nitrogen and oxygen atoms in total. The van der Waals surface area contributed by atoms with Crippen LogP contribution in [-0.4, -0.2) is 14.7 Å². The minimum absolute atomic E-state index is 0.481. The summed E-state index contributed by atoms with van der Waals surface area (Å²) in [6, 6.07) is 0. The second kappa shape index (κ2) is 6.44. The number of aryl methyl sites for hydroxylation is 1. The standard InChI is InChI=1S/C18H28N2O/c1-9-15(12(2)3)13(4)10-14(5)16-11-20(8)17(19-16)18(6,7)21/h9-12,21H,5H2,1-4,6-8H3/b13-10+,15-9-. The van der Waals surface area contributed by atoms with E-state index >= 15 is 0 Å². The summed E-state index contributed by atoms with van der Waals surface area (Å²) >= 11 is 0. The summed E-state index contributed by atoms with van der Waals surface area (Å²) in [5, 5.41) is 10.1. The first kappa shape index (κ1) is 17.4. The summed E-state index contributed by atoms with van der Waals surface area (Å²) in [6.45, 7) is 16.1. The van der Waals surface area contributed by atoms with Crippen molar-refractivity contribution in [2.24, 2.45) is 13.0 Å². The molecule has 1 aromatic heterocycles. The quantitative estimate of drug-likeness (QED) is 0.824. The van der Waals surface area contributed by atoms with E-state index in [1.807, 2.05) is 17.8 Å². The fourth-order valence-corrected chi connectivity index (χ4v) is 2.62. The number of hydrogen-bond acceptors (Lipinski definition) is 2. The van der Waals surface area contributed by atoms with Crippen LogP contribution in [0.25, 0.3) is 5.57 Å². The van der Waals surface area contributed by atoms with Gasteiger partial charge in [-0.05, 0) is 50.3 Å². The molecule has 0 spiro atoms. The van der Waals surface area contributed by atoms with Gasteiger partial charge < -0.3 is 9.67 Å². The molecule has 0 radical (unpaired) electrons. The van der Waals surface area contributed by atoms with Crippen LogP contribution in [0.3, 0.4) is 0 Å². The van der Waals surface area contributed by atoms with Gasteiger partial charge in [0.15, 0.2) is 0 Å². The molecule has 116 valence electrons. The molecular weight excluding hydrogens is 260 g/mol. The van der Waals surface area contributed by atoms with E-state index in [9.17, 15) is 5.11 Å². The second-order valence-electron chi connectivity index (χ2n) is 6.37. The number of hydrogen-bond donors (Lipinski definition) is 1. The maximum atomic E-state index is 10.1. The average molecular weight is 288 g/mol. The number of allylic oxidation sites excluding steroid dienone is 5. The van der Waals surface area contributed by atoms with Gasteiger partial charge in [-0.1, -0.05) is 32.6 Å². The normalized spacial score (nSPS) is 14.0. The molecule has 3 heteroatoms. The molecule has 0 aliphatic carbocycles. The Labute approximate surface area is 128 Å². The number of rotatable bonds is 5. The summed E-state index contributed by atoms with van der Waals surface area (Å²) in [7, 11) is 1.89. The van der Waals surface area contributed by atoms with Crippen LogP contribution in [-0.2, 0) is 12.6 Å². The summed E-state index contributed by atoms with van der Waals surface area (Å²) in [4.78, 5) is 4.51. The first-order chi connectivity index (χ1) is 9.57. The fourth-order valence-electron chi connectivity index (χ4n) is 2.62. The van der Waals surface area contributed by atoms with Crippen LogP contribution in [0.15, 0.2) is 36.1 Å². The Morgan fingerprint density at radius 1 is 1.43 bits per heavy atom. The van der Waals surface area contributed by atoms with Crippen LogP contribution in [0.5, 0.6) is 0 Å². The molecule has 1 heterocycles. The second-order valence-corrected chi connectivity index (χ2v) is 6.37. The van der Waals surface area contributed by atoms with Crippen molar-refractivity contribution in [2.75, 3.05) is 0 Å². The molecule has 0 aliphatic rings. The Kier molecular flexibility index (Phi) is 5.35. The van der Waals surface area contributed by atoms with Crippen LogP contribution in [0.1, 0.15) is 53.1 Å². The summed E-state index contributed by atoms with van der Waals surface area (Å²) in [5.41, 5.74) is 3.22. The van der Waals surface area contributed by atoms with Crippen molar-refractivity contribution in [3.05, 3.63) is 47.6 Å². The topological polar surface area (TPSA) is 38.0 Å². The summed E-state index contributed by atoms with van der Waals surface area (Å²) < 4.78 is 1.85. The molecule has 0 atom stereocenters. The van der Waals surface area contributed by atoms with Crippen LogP contribution >= 0.6 is 0 Å². The maximum absolute atomic E-state index is 10.1. The lowest BCUT2D eigenvalue weighted by atomic mass is 9.94. The number of nitrogens with zero attached hydrogens (tertiary/aromatic N) is 2. The number of aromatic nitrogens is 2. The summed E-state index contributed by atoms with van der Waals surface area (Å²) in [5.74, 6) is 1.12. The third kappa shape index (κ3) is 4.18. The van der Waals surface area contributed by atoms with E-state index in [1.165, 1.54) is 11.1 Å². The van der Waals surface area contributed by atoms with E-state index in [2.05, 4.69) is 51.4 Å². The molecule has 1 aromatic rings. The highest BCUT2D eigenvalue weighted by Gasteiger charge is 2.22. The lowest BCUT2D eigenvalue weighted by molar-refractivity contribution is 0.0658. The van der Waals surface area contributed by atoms with Crippen LogP contribution in [0.4, 0.5) is 0 Å². The van der Waals surface area contributed by atoms with Crippen molar-refractivity contribution in [1.82, 2.24) is 9.55 Å². The Morgan fingerprint density at radius 3 is 2.38 bits per heavy atom. The molecule has 0 bridgehead atoms. The third-order valence-corrected chi connectivity index (χ3v) is 3.53. The van der Waals surface area contributed by atoms with Gasteiger partial charge in [0, 0.05) is 13.2 Å². The average Bonchev–Trinajstić information content (AvgIpc) is 2.71. The van der Waals surface area contributed by atoms with Crippen molar-refractivity contribution in [1.29, 1.82) is 0 Å². The molecule has 1 N–H and O–H groups in total. The molecular formula is C18H28N2O. The fraction of sp³-hybridized carbons (Fsp3) is 0.500. The molecule has 0 unspecified atom stereocenters. The van der Waals surface area contributed by atoms with Crippen molar-refractivity contribution in [3.8, 4) is 0 Å². The minimum atomic E-state index is -0.960. The zero-order valence-corrected chi connectivity index (χ0v) is 14.4. The zero-order valence-electron chi connectivity index (χ0n) is 14.4. The molecule has 0 saturated heterocycles. The Hall–Kier alpha value is -1.61. The van der Waals surface area contributed by atoms with Gasteiger partial charge in [0.2, 0.25) is 0 Å². The van der Waals surface area contributed by atoms with Crippen LogP contribution in [0, 0.1) is 5.92 Å². The van der Waals surface area contributed by atoms with Gasteiger partial charge in [-0.2, -0.15) is 0 Å². The lowest BCUT2D eigenvalue weighted by Gasteiger charge is -2.16. The van der Waals surface area contributed by atoms with Gasteiger partial charge in [-0.25, -0.2) is 4.98 Å². The minimum Gasteiger partial charge on any atom is -0.383 e. The van der Waals surface area contributed by atoms with Crippen molar-refractivity contribution < 1.29 is 5.11 Å². The molecule has 21 heavy (non-hydrogen) atoms. The van der Waals surface area contributed by atoms with Gasteiger partial charge >= 0.3 is 0 Å². The van der Waals surface area contributed by atoms with Crippen LogP contribution in [0.2, 0.25) is 0 Å². The first-order valence-electron chi connectivity index (χ1n) is 7.38. The maximum Gasteiger partial charge on any atom is 0.140 e. The molecule has 0 amide bonds.